The Balaban J connectivity index is 1.75. The molecule has 8 nitrogen and oxygen atoms in total. The number of hydrogen-bond acceptors (Lipinski definition) is 7. The summed E-state index contributed by atoms with van der Waals surface area (Å²) in [5.41, 5.74) is 7.46. The molecule has 134 valence electrons. The van der Waals surface area contributed by atoms with Crippen LogP contribution in [0.4, 0.5) is 5.00 Å². The van der Waals surface area contributed by atoms with Gasteiger partial charge in [0.25, 0.3) is 5.91 Å². The van der Waals surface area contributed by atoms with Crippen LogP contribution < -0.4 is 11.1 Å². The van der Waals surface area contributed by atoms with Gasteiger partial charge in [0, 0.05) is 0 Å². The van der Waals surface area contributed by atoms with Crippen LogP contribution in [-0.2, 0) is 4.79 Å². The largest absolute Gasteiger partial charge is 0.366 e. The van der Waals surface area contributed by atoms with Crippen molar-refractivity contribution in [3.05, 3.63) is 46.8 Å². The van der Waals surface area contributed by atoms with E-state index < -0.39 is 11.2 Å². The van der Waals surface area contributed by atoms with E-state index in [-0.39, 0.29) is 5.91 Å². The van der Waals surface area contributed by atoms with Crippen LogP contribution in [-0.4, -0.2) is 37.3 Å². The number of nitrogens with zero attached hydrogens (tertiary/aromatic N) is 4. The fourth-order valence-electron chi connectivity index (χ4n) is 2.23. The van der Waals surface area contributed by atoms with Crippen LogP contribution in [0.2, 0.25) is 0 Å². The molecular formula is C16H16N6O2S2. The zero-order valence-electron chi connectivity index (χ0n) is 14.0. The molecule has 3 aromatic rings. The highest BCUT2D eigenvalue weighted by molar-refractivity contribution is 8.00. The molecule has 1 atom stereocenters. The van der Waals surface area contributed by atoms with Crippen LogP contribution in [0, 0.1) is 6.92 Å². The number of thioether (sulfide) groups is 1. The van der Waals surface area contributed by atoms with Crippen molar-refractivity contribution in [2.24, 2.45) is 5.73 Å². The predicted octanol–water partition coefficient (Wildman–Crippen LogP) is 2.25. The van der Waals surface area contributed by atoms with Crippen LogP contribution in [0.3, 0.4) is 0 Å². The molecule has 0 aliphatic rings. The number of benzene rings is 1. The van der Waals surface area contributed by atoms with Crippen molar-refractivity contribution in [3.8, 4) is 5.69 Å². The Hall–Kier alpha value is -2.72. The number of nitrogens with one attached hydrogen (secondary N) is 1. The molecule has 1 aromatic carbocycles. The standard InChI is InChI=1S/C16H16N6O2S2/c1-9-5-3-4-6-12(9)22-16(19-20-21-22)26-10(2)14(24)18-15-11(13(17)23)7-8-25-15/h3-8,10H,1-2H3,(H2,17,23)(H,18,24)/t10-/m1/s1. The number of para-hydroxylation sites is 1. The second-order valence-electron chi connectivity index (χ2n) is 5.44. The van der Waals surface area contributed by atoms with E-state index in [2.05, 4.69) is 20.8 Å². The van der Waals surface area contributed by atoms with E-state index >= 15 is 0 Å². The maximum Gasteiger partial charge on any atom is 0.251 e. The van der Waals surface area contributed by atoms with Crippen LogP contribution in [0.15, 0.2) is 40.9 Å². The molecule has 10 heteroatoms. The Morgan fingerprint density at radius 2 is 2.08 bits per heavy atom. The number of aryl methyl sites for hydroxylation is 1. The number of carbonyl (C=O) groups excluding carboxylic acids is 2. The lowest BCUT2D eigenvalue weighted by Crippen LogP contribution is -2.24. The monoisotopic (exact) mass is 388 g/mol. The zero-order chi connectivity index (χ0) is 18.7. The number of anilines is 1. The number of carbonyl (C=O) groups is 2. The quantitative estimate of drug-likeness (QED) is 0.626. The molecule has 2 heterocycles. The highest BCUT2D eigenvalue weighted by atomic mass is 32.2. The zero-order valence-corrected chi connectivity index (χ0v) is 15.7. The normalized spacial score (nSPS) is 11.9. The van der Waals surface area contributed by atoms with E-state index in [1.807, 2.05) is 31.2 Å². The first-order valence-electron chi connectivity index (χ1n) is 7.66. The molecule has 0 radical (unpaired) electrons. The average Bonchev–Trinajstić information content (AvgIpc) is 3.24. The summed E-state index contributed by atoms with van der Waals surface area (Å²) in [5, 5.41) is 16.6. The molecule has 0 bridgehead atoms. The summed E-state index contributed by atoms with van der Waals surface area (Å²) >= 11 is 2.47. The maximum absolute atomic E-state index is 12.5. The molecule has 3 rings (SSSR count). The smallest absolute Gasteiger partial charge is 0.251 e. The lowest BCUT2D eigenvalue weighted by molar-refractivity contribution is -0.115. The Morgan fingerprint density at radius 3 is 2.81 bits per heavy atom. The number of amides is 2. The van der Waals surface area contributed by atoms with Gasteiger partial charge in [0.15, 0.2) is 0 Å². The van der Waals surface area contributed by atoms with E-state index in [4.69, 9.17) is 5.73 Å². The first-order valence-corrected chi connectivity index (χ1v) is 9.42. The number of tetrazole rings is 1. The number of nitrogens with two attached hydrogens (primary N) is 1. The number of hydrogen-bond donors (Lipinski definition) is 2. The summed E-state index contributed by atoms with van der Waals surface area (Å²) in [6.45, 7) is 3.71. The van der Waals surface area contributed by atoms with Crippen LogP contribution in [0.1, 0.15) is 22.8 Å². The molecule has 0 aliphatic heterocycles. The van der Waals surface area contributed by atoms with Gasteiger partial charge in [-0.3, -0.25) is 9.59 Å². The van der Waals surface area contributed by atoms with E-state index in [0.29, 0.717) is 15.7 Å². The lowest BCUT2D eigenvalue weighted by atomic mass is 10.2. The molecule has 2 amide bonds. The Labute approximate surface area is 157 Å². The van der Waals surface area contributed by atoms with Crippen molar-refractivity contribution in [1.82, 2.24) is 20.2 Å². The number of aromatic nitrogens is 4. The highest BCUT2D eigenvalue weighted by Crippen LogP contribution is 2.27. The van der Waals surface area contributed by atoms with Gasteiger partial charge in [-0.15, -0.1) is 16.4 Å². The first-order chi connectivity index (χ1) is 12.5. The molecule has 0 saturated heterocycles. The van der Waals surface area contributed by atoms with Gasteiger partial charge in [0.05, 0.1) is 16.5 Å². The molecule has 26 heavy (non-hydrogen) atoms. The van der Waals surface area contributed by atoms with Crippen LogP contribution >= 0.6 is 23.1 Å². The summed E-state index contributed by atoms with van der Waals surface area (Å²) in [5.74, 6) is -0.843. The maximum atomic E-state index is 12.5. The molecule has 0 unspecified atom stereocenters. The van der Waals surface area contributed by atoms with Crippen LogP contribution in [0.25, 0.3) is 5.69 Å². The van der Waals surface area contributed by atoms with Crippen molar-refractivity contribution >= 4 is 39.9 Å². The minimum absolute atomic E-state index is 0.265. The molecule has 0 aliphatic carbocycles. The summed E-state index contributed by atoms with van der Waals surface area (Å²) in [4.78, 5) is 23.8. The molecule has 2 aromatic heterocycles. The molecule has 0 fully saturated rings. The third-order valence-corrected chi connectivity index (χ3v) is 5.47. The van der Waals surface area contributed by atoms with E-state index in [1.165, 1.54) is 23.1 Å². The van der Waals surface area contributed by atoms with Gasteiger partial charge in [0.1, 0.15) is 5.00 Å². The summed E-state index contributed by atoms with van der Waals surface area (Å²) < 4.78 is 1.60. The van der Waals surface area contributed by atoms with E-state index in [0.717, 1.165) is 11.3 Å². The van der Waals surface area contributed by atoms with E-state index in [9.17, 15) is 9.59 Å². The van der Waals surface area contributed by atoms with Gasteiger partial charge in [-0.05, 0) is 47.4 Å². The number of rotatable bonds is 6. The minimum Gasteiger partial charge on any atom is -0.366 e. The fourth-order valence-corrected chi connectivity index (χ4v) is 3.83. The lowest BCUT2D eigenvalue weighted by Gasteiger charge is -2.12. The topological polar surface area (TPSA) is 116 Å². The molecule has 0 saturated carbocycles. The van der Waals surface area contributed by atoms with Gasteiger partial charge in [-0.2, -0.15) is 4.68 Å². The first kappa shape index (κ1) is 18.1. The summed E-state index contributed by atoms with van der Waals surface area (Å²) in [7, 11) is 0. The van der Waals surface area contributed by atoms with Crippen molar-refractivity contribution < 1.29 is 9.59 Å². The van der Waals surface area contributed by atoms with Crippen molar-refractivity contribution in [1.29, 1.82) is 0 Å². The number of thiophene rings is 1. The van der Waals surface area contributed by atoms with Gasteiger partial charge >= 0.3 is 0 Å². The average molecular weight is 388 g/mol. The third-order valence-electron chi connectivity index (χ3n) is 3.60. The minimum atomic E-state index is -0.578. The Kier molecular flexibility index (Phi) is 5.33. The van der Waals surface area contributed by atoms with E-state index in [1.54, 1.807) is 23.1 Å². The summed E-state index contributed by atoms with van der Waals surface area (Å²) in [6.07, 6.45) is 0. The van der Waals surface area contributed by atoms with Crippen molar-refractivity contribution in [2.75, 3.05) is 5.32 Å². The predicted molar refractivity (Wildman–Crippen MR) is 101 cm³/mol. The molecule has 0 spiro atoms. The SMILES string of the molecule is Cc1ccccc1-n1nnnc1S[C@H](C)C(=O)Nc1sccc1C(N)=O. The Morgan fingerprint density at radius 1 is 1.31 bits per heavy atom. The Bertz CT molecular complexity index is 952. The summed E-state index contributed by atoms with van der Waals surface area (Å²) in [6, 6.07) is 9.29. The van der Waals surface area contributed by atoms with Gasteiger partial charge in [-0.1, -0.05) is 30.0 Å². The molecule has 3 N–H and O–H groups in total. The second kappa shape index (κ2) is 7.67. The van der Waals surface area contributed by atoms with Crippen molar-refractivity contribution in [2.45, 2.75) is 24.3 Å². The molecular weight excluding hydrogens is 372 g/mol. The van der Waals surface area contributed by atoms with Gasteiger partial charge in [0.2, 0.25) is 11.1 Å². The highest BCUT2D eigenvalue weighted by Gasteiger charge is 2.21. The third kappa shape index (κ3) is 3.75. The second-order valence-corrected chi connectivity index (χ2v) is 7.66. The van der Waals surface area contributed by atoms with Gasteiger partial charge in [-0.25, -0.2) is 0 Å². The number of primary amides is 1. The van der Waals surface area contributed by atoms with Crippen LogP contribution in [0.5, 0.6) is 0 Å². The van der Waals surface area contributed by atoms with Crippen molar-refractivity contribution in [3.63, 3.8) is 0 Å². The fraction of sp³-hybridized carbons (Fsp3) is 0.188. The van der Waals surface area contributed by atoms with Gasteiger partial charge < -0.3 is 11.1 Å².